The molecule has 0 amide bonds. The second-order valence-corrected chi connectivity index (χ2v) is 6.15. The third kappa shape index (κ3) is 8.88. The summed E-state index contributed by atoms with van der Waals surface area (Å²) < 4.78 is 0. The van der Waals surface area contributed by atoms with Crippen molar-refractivity contribution in [3.63, 3.8) is 0 Å². The summed E-state index contributed by atoms with van der Waals surface area (Å²) in [4.78, 5) is 0. The Labute approximate surface area is 186 Å². The fourth-order valence-corrected chi connectivity index (χ4v) is 2.40. The van der Waals surface area contributed by atoms with Gasteiger partial charge in [0.2, 0.25) is 0 Å². The summed E-state index contributed by atoms with van der Waals surface area (Å²) in [5, 5.41) is 9.46. The summed E-state index contributed by atoms with van der Waals surface area (Å²) in [6.45, 7) is 10.6. The van der Waals surface area contributed by atoms with Crippen LogP contribution in [0.3, 0.4) is 0 Å². The molecule has 0 spiro atoms. The van der Waals surface area contributed by atoms with E-state index in [1.54, 1.807) is 0 Å². The van der Waals surface area contributed by atoms with Gasteiger partial charge in [-0.25, -0.2) is 0 Å². The minimum Gasteiger partial charge on any atom is -1.00 e. The second kappa shape index (κ2) is 15.5. The summed E-state index contributed by atoms with van der Waals surface area (Å²) >= 11 is 0. The molecule has 140 valence electrons. The Kier molecular flexibility index (Phi) is 18.0. The van der Waals surface area contributed by atoms with Crippen molar-refractivity contribution in [3.8, 4) is 0 Å². The molecule has 1 aliphatic carbocycles. The van der Waals surface area contributed by atoms with Crippen molar-refractivity contribution in [2.24, 2.45) is 0 Å². The van der Waals surface area contributed by atoms with Gasteiger partial charge in [-0.2, -0.15) is 20.8 Å². The molecule has 0 aromatic heterocycles. The van der Waals surface area contributed by atoms with E-state index >= 15 is 0 Å². The van der Waals surface area contributed by atoms with Gasteiger partial charge in [0.05, 0.1) is 0 Å². The van der Waals surface area contributed by atoms with E-state index in [0.29, 0.717) is 0 Å². The van der Waals surface area contributed by atoms with Crippen LogP contribution in [0.4, 0.5) is 0 Å². The number of aliphatic hydroxyl groups is 1. The van der Waals surface area contributed by atoms with Crippen LogP contribution in [0.1, 0.15) is 46.6 Å². The number of benzene rings is 2. The third-order valence-electron chi connectivity index (χ3n) is 3.64. The Morgan fingerprint density at radius 1 is 0.923 bits per heavy atom. The van der Waals surface area contributed by atoms with Gasteiger partial charge in [-0.05, 0) is 20.3 Å². The molecule has 0 radical (unpaired) electrons. The predicted octanol–water partition coefficient (Wildman–Crippen LogP) is -0.00192. The van der Waals surface area contributed by atoms with Crippen LogP contribution in [0, 0.1) is 12.0 Å². The normalized spacial score (nSPS) is 11.8. The average molecular weight is 427 g/mol. The van der Waals surface area contributed by atoms with E-state index in [0.717, 1.165) is 13.5 Å². The van der Waals surface area contributed by atoms with E-state index in [4.69, 9.17) is 5.11 Å². The minimum absolute atomic E-state index is 0. The fraction of sp³-hybridized carbons (Fsp3) is 0.318. The molecule has 0 fully saturated rings. The number of aliphatic hydroxyl groups excluding tert-OH is 1. The van der Waals surface area contributed by atoms with E-state index in [-0.39, 0.29) is 46.5 Å². The van der Waals surface area contributed by atoms with Crippen LogP contribution in [0.5, 0.6) is 0 Å². The smallest absolute Gasteiger partial charge is 1.00 e. The van der Waals surface area contributed by atoms with Gasteiger partial charge in [0.15, 0.2) is 0 Å². The summed E-state index contributed by atoms with van der Waals surface area (Å²) in [5.74, 6) is 1.42. The molecule has 3 rings (SSSR count). The molecule has 1 N–H and O–H groups in total. The molecule has 0 aliphatic heterocycles. The van der Waals surface area contributed by atoms with E-state index in [1.165, 1.54) is 39.0 Å². The molecule has 0 bridgehead atoms. The molecule has 1 aliphatic rings. The van der Waals surface area contributed by atoms with Gasteiger partial charge >= 0.3 is 21.7 Å². The fourth-order valence-electron chi connectivity index (χ4n) is 2.40. The second-order valence-electron chi connectivity index (χ2n) is 6.15. The molecule has 0 saturated carbocycles. The SMILES string of the molecule is CC1=CCC(c2[c-]c3ccccc3cc2)=C1C.CO.C[C-](C)C.[Cl-].[Cl-].[Ti+4]. The van der Waals surface area contributed by atoms with Crippen molar-refractivity contribution in [3.05, 3.63) is 71.2 Å². The van der Waals surface area contributed by atoms with E-state index in [2.05, 4.69) is 83.2 Å². The summed E-state index contributed by atoms with van der Waals surface area (Å²) in [5.41, 5.74) is 5.49. The summed E-state index contributed by atoms with van der Waals surface area (Å²) in [6, 6.07) is 16.3. The van der Waals surface area contributed by atoms with Crippen molar-refractivity contribution in [2.45, 2.75) is 41.0 Å². The van der Waals surface area contributed by atoms with Gasteiger partial charge in [-0.1, -0.05) is 46.4 Å². The molecule has 2 aromatic carbocycles. The summed E-state index contributed by atoms with van der Waals surface area (Å²) in [7, 11) is 1.00. The zero-order valence-electron chi connectivity index (χ0n) is 16.5. The van der Waals surface area contributed by atoms with E-state index in [1.807, 2.05) is 0 Å². The van der Waals surface area contributed by atoms with Gasteiger partial charge in [-0.3, -0.25) is 0 Å². The Morgan fingerprint density at radius 3 is 1.96 bits per heavy atom. The zero-order valence-corrected chi connectivity index (χ0v) is 19.5. The van der Waals surface area contributed by atoms with Gasteiger partial charge in [0.1, 0.15) is 0 Å². The van der Waals surface area contributed by atoms with Crippen LogP contribution in [0.15, 0.2) is 53.6 Å². The standard InChI is InChI=1S/C17H15.C4H9.CH4O.2ClH.Ti/c1-12-7-10-17(13(12)2)16-9-8-14-5-3-4-6-15(14)11-16;1-4(2)3;1-2;;;/h3-9H,10H2,1-2H3;1-3H3;2H,1H3;2*1H;/q2*-1;;;;+4/p-2. The largest absolute Gasteiger partial charge is 4.00 e. The van der Waals surface area contributed by atoms with Crippen LogP contribution < -0.4 is 24.8 Å². The van der Waals surface area contributed by atoms with Crippen LogP contribution in [0.2, 0.25) is 0 Å². The number of allylic oxidation sites excluding steroid dienone is 4. The number of hydrogen-bond acceptors (Lipinski definition) is 1. The molecule has 0 atom stereocenters. The molecule has 4 heteroatoms. The van der Waals surface area contributed by atoms with Crippen molar-refractivity contribution in [1.29, 1.82) is 0 Å². The maximum atomic E-state index is 7.00. The topological polar surface area (TPSA) is 20.2 Å². The molecular formula is C22H28Cl2OTi. The van der Waals surface area contributed by atoms with Gasteiger partial charge in [0, 0.05) is 7.11 Å². The van der Waals surface area contributed by atoms with Crippen molar-refractivity contribution in [1.82, 2.24) is 0 Å². The molecule has 1 nitrogen and oxygen atoms in total. The van der Waals surface area contributed by atoms with Gasteiger partial charge in [-0.15, -0.1) is 35.2 Å². The maximum absolute atomic E-state index is 7.00. The zero-order chi connectivity index (χ0) is 17.4. The van der Waals surface area contributed by atoms with Gasteiger partial charge in [0.25, 0.3) is 0 Å². The molecular weight excluding hydrogens is 399 g/mol. The number of hydrogen-bond donors (Lipinski definition) is 1. The minimum atomic E-state index is 0. The van der Waals surface area contributed by atoms with Crippen LogP contribution in [0.25, 0.3) is 16.3 Å². The third-order valence-corrected chi connectivity index (χ3v) is 3.64. The molecule has 0 saturated heterocycles. The van der Waals surface area contributed by atoms with Gasteiger partial charge < -0.3 is 35.8 Å². The first-order valence-corrected chi connectivity index (χ1v) is 7.99. The number of halogens is 2. The molecule has 0 unspecified atom stereocenters. The Bertz CT molecular complexity index is 703. The Balaban J connectivity index is -0.000000527. The Morgan fingerprint density at radius 2 is 1.46 bits per heavy atom. The monoisotopic (exact) mass is 426 g/mol. The quantitative estimate of drug-likeness (QED) is 0.502. The predicted molar refractivity (Wildman–Crippen MR) is 102 cm³/mol. The maximum Gasteiger partial charge on any atom is 4.00 e. The number of fused-ring (bicyclic) bond motifs is 1. The first-order chi connectivity index (χ1) is 11.0. The molecule has 2 aromatic rings. The number of rotatable bonds is 1. The van der Waals surface area contributed by atoms with E-state index < -0.39 is 0 Å². The van der Waals surface area contributed by atoms with Crippen LogP contribution >= 0.6 is 0 Å². The van der Waals surface area contributed by atoms with E-state index in [9.17, 15) is 0 Å². The first kappa shape index (κ1) is 30.2. The Hall–Kier alpha value is -0.566. The first-order valence-electron chi connectivity index (χ1n) is 7.99. The molecule has 0 heterocycles. The van der Waals surface area contributed by atoms with Crippen molar-refractivity contribution in [2.75, 3.05) is 7.11 Å². The van der Waals surface area contributed by atoms with Crippen LogP contribution in [-0.4, -0.2) is 12.2 Å². The molecule has 26 heavy (non-hydrogen) atoms. The van der Waals surface area contributed by atoms with Crippen molar-refractivity contribution < 1.29 is 51.6 Å². The van der Waals surface area contributed by atoms with Crippen LogP contribution in [-0.2, 0) is 21.7 Å². The summed E-state index contributed by atoms with van der Waals surface area (Å²) in [6.07, 6.45) is 3.35. The van der Waals surface area contributed by atoms with Crippen molar-refractivity contribution >= 4 is 16.3 Å². The average Bonchev–Trinajstić information content (AvgIpc) is 2.88.